The second-order valence-electron chi connectivity index (χ2n) is 2.64. The van der Waals surface area contributed by atoms with E-state index in [1.54, 1.807) is 18.2 Å². The molecule has 2 rings (SSSR count). The highest BCUT2D eigenvalue weighted by molar-refractivity contribution is 6.50. The molecule has 1 aliphatic rings. The predicted molar refractivity (Wildman–Crippen MR) is 56.9 cm³/mol. The van der Waals surface area contributed by atoms with Gasteiger partial charge in [0.1, 0.15) is 0 Å². The highest BCUT2D eigenvalue weighted by Gasteiger charge is 2.14. The van der Waals surface area contributed by atoms with E-state index in [9.17, 15) is 4.79 Å². The summed E-state index contributed by atoms with van der Waals surface area (Å²) in [6.07, 6.45) is 1.37. The fraction of sp³-hybridized carbons (Fsp3) is 0. The summed E-state index contributed by atoms with van der Waals surface area (Å²) in [6, 6.07) is 4.62. The highest BCUT2D eigenvalue weighted by atomic mass is 35.5. The molecule has 2 amide bonds. The third-order valence-electron chi connectivity index (χ3n) is 1.74. The molecule has 0 radical (unpaired) electrons. The first-order valence-corrected chi connectivity index (χ1v) is 4.55. The summed E-state index contributed by atoms with van der Waals surface area (Å²) in [5, 5.41) is 0.814. The molecule has 0 saturated heterocycles. The van der Waals surface area contributed by atoms with Crippen molar-refractivity contribution in [3.05, 3.63) is 33.8 Å². The third kappa shape index (κ3) is 1.56. The summed E-state index contributed by atoms with van der Waals surface area (Å²) in [5.41, 5.74) is 1.07. The van der Waals surface area contributed by atoms with Gasteiger partial charge in [0.2, 0.25) is 0 Å². The topological polar surface area (TPSA) is 41.8 Å². The first kappa shape index (κ1) is 9.37. The molecule has 1 aromatic rings. The van der Waals surface area contributed by atoms with Crippen molar-refractivity contribution in [1.82, 2.24) is 0 Å². The molecule has 0 spiro atoms. The largest absolute Gasteiger partial charge is 0.367 e. The van der Waals surface area contributed by atoms with E-state index in [1.807, 2.05) is 0 Å². The van der Waals surface area contributed by atoms with Crippen molar-refractivity contribution in [2.45, 2.75) is 0 Å². The van der Waals surface area contributed by atoms with Crippen molar-refractivity contribution in [2.75, 3.05) is 0 Å². The smallest absolute Gasteiger partial charge is 0.244 e. The second kappa shape index (κ2) is 3.52. The summed E-state index contributed by atoms with van der Waals surface area (Å²) < 4.78 is 0. The van der Waals surface area contributed by atoms with E-state index < -0.39 is 6.03 Å². The van der Waals surface area contributed by atoms with Gasteiger partial charge in [-0.05, 0) is 6.07 Å². The van der Waals surface area contributed by atoms with E-state index in [1.165, 1.54) is 6.21 Å². The predicted octanol–water partition coefficient (Wildman–Crippen LogP) is 2.99. The average molecular weight is 227 g/mol. The summed E-state index contributed by atoms with van der Waals surface area (Å²) in [6.45, 7) is 0. The van der Waals surface area contributed by atoms with Crippen LogP contribution in [-0.2, 0) is 0 Å². The van der Waals surface area contributed by atoms with Gasteiger partial charge in [0.25, 0.3) is 0 Å². The minimum absolute atomic E-state index is 0.383. The Hall–Kier alpha value is -1.19. The molecular formula is C9H4Cl2N2O. The number of hydrogen-bond acceptors (Lipinski definition) is 1. The molecule has 0 atom stereocenters. The molecule has 3 nitrogen and oxygen atoms in total. The Labute approximate surface area is 90.1 Å². The number of carbonyl (C=O) groups is 1. The van der Waals surface area contributed by atoms with E-state index >= 15 is 0 Å². The lowest BCUT2D eigenvalue weighted by Crippen LogP contribution is -2.00. The van der Waals surface area contributed by atoms with Crippen LogP contribution in [0.3, 0.4) is 0 Å². The van der Waals surface area contributed by atoms with Crippen molar-refractivity contribution in [1.29, 1.82) is 0 Å². The number of halogens is 2. The first-order valence-electron chi connectivity index (χ1n) is 3.79. The molecule has 0 unspecified atom stereocenters. The lowest BCUT2D eigenvalue weighted by molar-refractivity contribution is 0.257. The fourth-order valence-corrected chi connectivity index (χ4v) is 1.51. The molecule has 5 heteroatoms. The Kier molecular flexibility index (Phi) is 2.35. The molecule has 1 heterocycles. The summed E-state index contributed by atoms with van der Waals surface area (Å²) in [4.78, 5) is 17.9. The van der Waals surface area contributed by atoms with Crippen LogP contribution in [0.25, 0.3) is 0 Å². The van der Waals surface area contributed by atoms with Gasteiger partial charge in [-0.25, -0.2) is 4.79 Å². The number of amides is 2. The number of urea groups is 1. The second-order valence-corrected chi connectivity index (χ2v) is 3.42. The maximum absolute atomic E-state index is 10.8. The molecule has 70 valence electrons. The van der Waals surface area contributed by atoms with Crippen molar-refractivity contribution < 1.29 is 4.79 Å². The van der Waals surface area contributed by atoms with Crippen LogP contribution in [0.2, 0.25) is 10.0 Å². The first-order chi connectivity index (χ1) is 6.68. The van der Waals surface area contributed by atoms with Gasteiger partial charge in [0.15, 0.2) is 0 Å². The van der Waals surface area contributed by atoms with E-state index in [0.717, 1.165) is 0 Å². The van der Waals surface area contributed by atoms with E-state index in [4.69, 9.17) is 23.2 Å². The molecule has 0 bridgehead atoms. The molecule has 1 aromatic carbocycles. The monoisotopic (exact) mass is 226 g/mol. The Morgan fingerprint density at radius 1 is 1.21 bits per heavy atom. The number of rotatable bonds is 1. The van der Waals surface area contributed by atoms with Crippen LogP contribution in [0.4, 0.5) is 4.79 Å². The van der Waals surface area contributed by atoms with Crippen LogP contribution in [-0.4, -0.2) is 18.0 Å². The van der Waals surface area contributed by atoms with E-state index in [-0.39, 0.29) is 0 Å². The number of aliphatic imine (C=N–C) groups is 2. The maximum Gasteiger partial charge on any atom is 0.367 e. The number of hydrogen-bond donors (Lipinski definition) is 0. The number of benzene rings is 1. The van der Waals surface area contributed by atoms with Gasteiger partial charge < -0.3 is 0 Å². The van der Waals surface area contributed by atoms with E-state index in [2.05, 4.69) is 9.98 Å². The van der Waals surface area contributed by atoms with Gasteiger partial charge in [-0.15, -0.1) is 0 Å². The maximum atomic E-state index is 10.8. The van der Waals surface area contributed by atoms with Crippen molar-refractivity contribution in [3.63, 3.8) is 0 Å². The lowest BCUT2D eigenvalue weighted by atomic mass is 10.1. The zero-order valence-corrected chi connectivity index (χ0v) is 8.38. The lowest BCUT2D eigenvalue weighted by Gasteiger charge is -2.01. The average Bonchev–Trinajstić information content (AvgIpc) is 2.57. The normalized spacial score (nSPS) is 14.7. The SMILES string of the molecule is O=C1N=CC(c2cccc(Cl)c2Cl)=N1. The van der Waals surface area contributed by atoms with E-state index in [0.29, 0.717) is 21.3 Å². The van der Waals surface area contributed by atoms with Gasteiger partial charge in [-0.3, -0.25) is 0 Å². The molecule has 0 N–H and O–H groups in total. The van der Waals surface area contributed by atoms with Crippen LogP contribution in [0.5, 0.6) is 0 Å². The summed E-state index contributed by atoms with van der Waals surface area (Å²) >= 11 is 11.7. The molecule has 0 fully saturated rings. The fourth-order valence-electron chi connectivity index (χ4n) is 1.11. The molecule has 0 aromatic heterocycles. The number of nitrogens with zero attached hydrogens (tertiary/aromatic N) is 2. The quantitative estimate of drug-likeness (QED) is 0.726. The van der Waals surface area contributed by atoms with Crippen LogP contribution in [0, 0.1) is 0 Å². The Balaban J connectivity index is 2.53. The van der Waals surface area contributed by atoms with Crippen LogP contribution >= 0.6 is 23.2 Å². The minimum atomic E-state index is -0.518. The number of carbonyl (C=O) groups excluding carboxylic acids is 1. The van der Waals surface area contributed by atoms with Crippen LogP contribution < -0.4 is 0 Å². The molecule has 0 saturated carbocycles. The van der Waals surface area contributed by atoms with Crippen LogP contribution in [0.1, 0.15) is 5.56 Å². The third-order valence-corrected chi connectivity index (χ3v) is 2.56. The zero-order valence-electron chi connectivity index (χ0n) is 6.87. The van der Waals surface area contributed by atoms with Crippen molar-refractivity contribution in [3.8, 4) is 0 Å². The molecule has 1 aliphatic heterocycles. The molecule has 14 heavy (non-hydrogen) atoms. The van der Waals surface area contributed by atoms with Crippen molar-refractivity contribution in [2.24, 2.45) is 9.98 Å². The minimum Gasteiger partial charge on any atom is -0.244 e. The Morgan fingerprint density at radius 3 is 2.64 bits per heavy atom. The van der Waals surface area contributed by atoms with Gasteiger partial charge >= 0.3 is 6.03 Å². The zero-order chi connectivity index (χ0) is 10.1. The summed E-state index contributed by atoms with van der Waals surface area (Å²) in [7, 11) is 0. The molecule has 0 aliphatic carbocycles. The highest BCUT2D eigenvalue weighted by Crippen LogP contribution is 2.26. The van der Waals surface area contributed by atoms with Gasteiger partial charge in [-0.1, -0.05) is 35.3 Å². The van der Waals surface area contributed by atoms with Crippen molar-refractivity contribution >= 4 is 41.2 Å². The standard InChI is InChI=1S/C9H4Cl2N2O/c10-6-3-1-2-5(8(6)11)7-4-12-9(14)13-7/h1-4H. The van der Waals surface area contributed by atoms with Crippen LogP contribution in [0.15, 0.2) is 28.2 Å². The van der Waals surface area contributed by atoms with Gasteiger partial charge in [0, 0.05) is 5.56 Å². The Bertz CT molecular complexity index is 466. The van der Waals surface area contributed by atoms with Gasteiger partial charge in [0.05, 0.1) is 22.0 Å². The summed E-state index contributed by atoms with van der Waals surface area (Å²) in [5.74, 6) is 0. The molecular weight excluding hydrogens is 223 g/mol. The van der Waals surface area contributed by atoms with Gasteiger partial charge in [-0.2, -0.15) is 9.98 Å². The Morgan fingerprint density at radius 2 is 2.00 bits per heavy atom.